The topological polar surface area (TPSA) is 47.3 Å². The van der Waals surface area contributed by atoms with Crippen LogP contribution in [0.4, 0.5) is 10.1 Å². The number of rotatable bonds is 7. The molecule has 0 heterocycles. The van der Waals surface area contributed by atoms with E-state index in [1.165, 1.54) is 12.1 Å². The molecule has 1 atom stereocenters. The lowest BCUT2D eigenvalue weighted by molar-refractivity contribution is 0.182. The van der Waals surface area contributed by atoms with E-state index in [9.17, 15) is 4.39 Å². The molecule has 16 heavy (non-hydrogen) atoms. The number of hydrogen-bond donors (Lipinski definition) is 2. The summed E-state index contributed by atoms with van der Waals surface area (Å²) in [6, 6.07) is 6.61. The lowest BCUT2D eigenvalue weighted by Crippen LogP contribution is -2.25. The van der Waals surface area contributed by atoms with Crippen LogP contribution >= 0.6 is 0 Å². The summed E-state index contributed by atoms with van der Waals surface area (Å²) in [4.78, 5) is 0. The molecule has 0 aliphatic carbocycles. The summed E-state index contributed by atoms with van der Waals surface area (Å²) >= 11 is 0. The first-order valence-corrected chi connectivity index (χ1v) is 5.47. The fraction of sp³-hybridized carbons (Fsp3) is 0.500. The first-order valence-electron chi connectivity index (χ1n) is 5.47. The number of nitrogens with one attached hydrogen (secondary N) is 1. The standard InChI is InChI=1S/C12H19FN2O/c1-16-9-12(6-3-7-14)15-11-5-2-4-10(13)8-11/h2,4-5,8,12,15H,3,6-7,9,14H2,1H3. The number of nitrogens with two attached hydrogens (primary N) is 1. The van der Waals surface area contributed by atoms with Crippen LogP contribution in [0.1, 0.15) is 12.8 Å². The zero-order valence-electron chi connectivity index (χ0n) is 9.58. The van der Waals surface area contributed by atoms with Crippen LogP contribution in [-0.2, 0) is 4.74 Å². The van der Waals surface area contributed by atoms with Gasteiger partial charge < -0.3 is 15.8 Å². The largest absolute Gasteiger partial charge is 0.383 e. The Balaban J connectivity index is 2.52. The van der Waals surface area contributed by atoms with E-state index in [1.54, 1.807) is 13.2 Å². The van der Waals surface area contributed by atoms with Gasteiger partial charge in [0, 0.05) is 18.8 Å². The summed E-state index contributed by atoms with van der Waals surface area (Å²) < 4.78 is 18.1. The number of hydrogen-bond acceptors (Lipinski definition) is 3. The van der Waals surface area contributed by atoms with Gasteiger partial charge in [0.05, 0.1) is 6.61 Å². The highest BCUT2D eigenvalue weighted by molar-refractivity contribution is 5.43. The van der Waals surface area contributed by atoms with E-state index in [-0.39, 0.29) is 11.9 Å². The number of methoxy groups -OCH3 is 1. The molecule has 3 nitrogen and oxygen atoms in total. The number of ether oxygens (including phenoxy) is 1. The Hall–Kier alpha value is -1.13. The highest BCUT2D eigenvalue weighted by Crippen LogP contribution is 2.12. The highest BCUT2D eigenvalue weighted by atomic mass is 19.1. The summed E-state index contributed by atoms with van der Waals surface area (Å²) in [5.74, 6) is -0.236. The van der Waals surface area contributed by atoms with Crippen LogP contribution in [0.15, 0.2) is 24.3 Å². The fourth-order valence-electron chi connectivity index (χ4n) is 1.58. The second kappa shape index (κ2) is 7.19. The average molecular weight is 226 g/mol. The van der Waals surface area contributed by atoms with Crippen molar-refractivity contribution >= 4 is 5.69 Å². The van der Waals surface area contributed by atoms with E-state index in [1.807, 2.05) is 6.07 Å². The van der Waals surface area contributed by atoms with Crippen molar-refractivity contribution in [3.05, 3.63) is 30.1 Å². The zero-order chi connectivity index (χ0) is 11.8. The first-order chi connectivity index (χ1) is 7.76. The third-order valence-electron chi connectivity index (χ3n) is 2.32. The zero-order valence-corrected chi connectivity index (χ0v) is 9.58. The van der Waals surface area contributed by atoms with Crippen molar-refractivity contribution in [2.24, 2.45) is 5.73 Å². The van der Waals surface area contributed by atoms with Crippen molar-refractivity contribution in [2.45, 2.75) is 18.9 Å². The Bertz CT molecular complexity index is 307. The molecular weight excluding hydrogens is 207 g/mol. The van der Waals surface area contributed by atoms with Crippen LogP contribution in [0.3, 0.4) is 0 Å². The Labute approximate surface area is 95.8 Å². The fourth-order valence-corrected chi connectivity index (χ4v) is 1.58. The minimum Gasteiger partial charge on any atom is -0.383 e. The number of benzene rings is 1. The van der Waals surface area contributed by atoms with Crippen LogP contribution in [0.25, 0.3) is 0 Å². The molecule has 1 aromatic carbocycles. The second-order valence-electron chi connectivity index (χ2n) is 3.74. The van der Waals surface area contributed by atoms with Gasteiger partial charge in [0.2, 0.25) is 0 Å². The molecule has 1 unspecified atom stereocenters. The van der Waals surface area contributed by atoms with E-state index in [2.05, 4.69) is 5.32 Å². The van der Waals surface area contributed by atoms with Gasteiger partial charge in [0.15, 0.2) is 0 Å². The number of halogens is 1. The molecule has 0 saturated heterocycles. The molecular formula is C12H19FN2O. The molecule has 1 aromatic rings. The molecule has 0 fully saturated rings. The third-order valence-corrected chi connectivity index (χ3v) is 2.32. The van der Waals surface area contributed by atoms with Gasteiger partial charge >= 0.3 is 0 Å². The van der Waals surface area contributed by atoms with Gasteiger partial charge in [-0.25, -0.2) is 4.39 Å². The number of anilines is 1. The molecule has 0 bridgehead atoms. The second-order valence-corrected chi connectivity index (χ2v) is 3.74. The minimum atomic E-state index is -0.236. The van der Waals surface area contributed by atoms with Crippen molar-refractivity contribution in [3.63, 3.8) is 0 Å². The van der Waals surface area contributed by atoms with Gasteiger partial charge in [-0.05, 0) is 37.6 Å². The van der Waals surface area contributed by atoms with Gasteiger partial charge in [-0.1, -0.05) is 6.07 Å². The SMILES string of the molecule is COCC(CCCN)Nc1cccc(F)c1. The predicted molar refractivity (Wildman–Crippen MR) is 64.0 cm³/mol. The van der Waals surface area contributed by atoms with Gasteiger partial charge in [0.1, 0.15) is 5.82 Å². The first kappa shape index (κ1) is 12.9. The van der Waals surface area contributed by atoms with Gasteiger partial charge in [-0.15, -0.1) is 0 Å². The van der Waals surface area contributed by atoms with Crippen LogP contribution in [0.5, 0.6) is 0 Å². The molecule has 0 radical (unpaired) electrons. The predicted octanol–water partition coefficient (Wildman–Crippen LogP) is 1.99. The summed E-state index contributed by atoms with van der Waals surface area (Å²) in [5, 5.41) is 3.24. The van der Waals surface area contributed by atoms with Crippen molar-refractivity contribution < 1.29 is 9.13 Å². The molecule has 4 heteroatoms. The molecule has 0 amide bonds. The molecule has 0 spiro atoms. The maximum atomic E-state index is 13.0. The summed E-state index contributed by atoms with van der Waals surface area (Å²) in [6.45, 7) is 1.25. The van der Waals surface area contributed by atoms with E-state index in [0.29, 0.717) is 13.2 Å². The normalized spacial score (nSPS) is 12.4. The van der Waals surface area contributed by atoms with Crippen LogP contribution in [-0.4, -0.2) is 26.3 Å². The molecule has 3 N–H and O–H groups in total. The van der Waals surface area contributed by atoms with Gasteiger partial charge in [0.25, 0.3) is 0 Å². The van der Waals surface area contributed by atoms with Crippen molar-refractivity contribution in [1.82, 2.24) is 0 Å². The Morgan fingerprint density at radius 2 is 2.31 bits per heavy atom. The molecule has 0 aromatic heterocycles. The summed E-state index contributed by atoms with van der Waals surface area (Å²) in [5.41, 5.74) is 6.24. The van der Waals surface area contributed by atoms with Crippen LogP contribution < -0.4 is 11.1 Å². The lowest BCUT2D eigenvalue weighted by atomic mass is 10.1. The molecule has 0 aliphatic heterocycles. The minimum absolute atomic E-state index is 0.176. The highest BCUT2D eigenvalue weighted by Gasteiger charge is 2.07. The Kier molecular flexibility index (Phi) is 5.82. The molecule has 0 aliphatic rings. The Morgan fingerprint density at radius 3 is 2.94 bits per heavy atom. The van der Waals surface area contributed by atoms with Crippen LogP contribution in [0, 0.1) is 5.82 Å². The molecule has 90 valence electrons. The van der Waals surface area contributed by atoms with Gasteiger partial charge in [-0.3, -0.25) is 0 Å². The third kappa shape index (κ3) is 4.59. The van der Waals surface area contributed by atoms with E-state index >= 15 is 0 Å². The monoisotopic (exact) mass is 226 g/mol. The molecule has 1 rings (SSSR count). The van der Waals surface area contributed by atoms with Gasteiger partial charge in [-0.2, -0.15) is 0 Å². The molecule has 0 saturated carbocycles. The summed E-state index contributed by atoms with van der Waals surface area (Å²) in [6.07, 6.45) is 1.84. The average Bonchev–Trinajstić information content (AvgIpc) is 2.26. The maximum Gasteiger partial charge on any atom is 0.125 e. The van der Waals surface area contributed by atoms with Crippen molar-refractivity contribution in [1.29, 1.82) is 0 Å². The smallest absolute Gasteiger partial charge is 0.125 e. The van der Waals surface area contributed by atoms with Crippen molar-refractivity contribution in [3.8, 4) is 0 Å². The van der Waals surface area contributed by atoms with Crippen LogP contribution in [0.2, 0.25) is 0 Å². The maximum absolute atomic E-state index is 13.0. The van der Waals surface area contributed by atoms with Crippen molar-refractivity contribution in [2.75, 3.05) is 25.6 Å². The quantitative estimate of drug-likeness (QED) is 0.747. The summed E-state index contributed by atoms with van der Waals surface area (Å²) in [7, 11) is 1.66. The Morgan fingerprint density at radius 1 is 1.50 bits per heavy atom. The lowest BCUT2D eigenvalue weighted by Gasteiger charge is -2.18. The van der Waals surface area contributed by atoms with E-state index in [0.717, 1.165) is 18.5 Å². The van der Waals surface area contributed by atoms with E-state index in [4.69, 9.17) is 10.5 Å². The van der Waals surface area contributed by atoms with E-state index < -0.39 is 0 Å².